The van der Waals surface area contributed by atoms with Crippen molar-refractivity contribution in [2.45, 2.75) is 25.4 Å². The second-order valence-electron chi connectivity index (χ2n) is 2.33. The first-order valence-electron chi connectivity index (χ1n) is 3.54. The Balaban J connectivity index is 2.88. The van der Waals surface area contributed by atoms with Crippen LogP contribution in [0.25, 0.3) is 0 Å². The minimum atomic E-state index is -0.707. The lowest BCUT2D eigenvalue weighted by Crippen LogP contribution is -2.11. The van der Waals surface area contributed by atoms with Gasteiger partial charge in [-0.15, -0.1) is 0 Å². The largest absolute Gasteiger partial charge is 0.466 e. The van der Waals surface area contributed by atoms with E-state index in [0.717, 1.165) is 17.0 Å². The molecule has 0 fully saturated rings. The van der Waals surface area contributed by atoms with Crippen molar-refractivity contribution < 1.29 is 4.12 Å². The van der Waals surface area contributed by atoms with Crippen LogP contribution in [-0.4, -0.2) is 26.1 Å². The average Bonchev–Trinajstić information content (AvgIpc) is 1.89. The number of hydrogen-bond donors (Lipinski definition) is 1. The molecule has 0 saturated carbocycles. The molecule has 2 N–H and O–H groups in total. The van der Waals surface area contributed by atoms with Crippen molar-refractivity contribution in [1.82, 2.24) is 0 Å². The van der Waals surface area contributed by atoms with E-state index in [1.165, 1.54) is 18.9 Å². The molecule has 0 amide bonds. The van der Waals surface area contributed by atoms with Crippen molar-refractivity contribution in [3.63, 3.8) is 0 Å². The van der Waals surface area contributed by atoms with Crippen LogP contribution in [0, 0.1) is 0 Å². The third-order valence-electron chi connectivity index (χ3n) is 1.47. The smallest absolute Gasteiger partial charge is 0.159 e. The lowest BCUT2D eigenvalue weighted by molar-refractivity contribution is 0.625. The summed E-state index contributed by atoms with van der Waals surface area (Å²) in [4.78, 5) is 0. The summed E-state index contributed by atoms with van der Waals surface area (Å²) in [5.41, 5.74) is 5.34. The summed E-state index contributed by atoms with van der Waals surface area (Å²) >= 11 is 0. The minimum absolute atomic E-state index is 0.707. The molecule has 4 heteroatoms. The molecule has 0 aliphatic rings. The first-order valence-corrected chi connectivity index (χ1v) is 6.80. The van der Waals surface area contributed by atoms with Gasteiger partial charge >= 0.3 is 0 Å². The maximum Gasteiger partial charge on any atom is 0.159 e. The van der Waals surface area contributed by atoms with Crippen LogP contribution < -0.4 is 5.73 Å². The molecule has 0 aliphatic carbocycles. The zero-order chi connectivity index (χ0) is 7.11. The van der Waals surface area contributed by atoms with Crippen LogP contribution >= 0.6 is 0 Å². The fraction of sp³-hybridized carbons (Fsp3) is 1.00. The van der Waals surface area contributed by atoms with Crippen LogP contribution in [0.5, 0.6) is 0 Å². The van der Waals surface area contributed by atoms with E-state index in [-0.39, 0.29) is 0 Å². The molecule has 1 unspecified atom stereocenters. The third kappa shape index (κ3) is 6.24. The molecule has 0 heterocycles. The van der Waals surface area contributed by atoms with Crippen LogP contribution in [0.15, 0.2) is 0 Å². The van der Waals surface area contributed by atoms with Crippen LogP contribution in [0.1, 0.15) is 12.8 Å². The fourth-order valence-corrected chi connectivity index (χ4v) is 2.50. The van der Waals surface area contributed by atoms with Gasteiger partial charge in [0.05, 0.1) is 0 Å². The van der Waals surface area contributed by atoms with Crippen molar-refractivity contribution in [3.05, 3.63) is 0 Å². The monoisotopic (exact) mass is 163 g/mol. The molecule has 0 radical (unpaired) electrons. The molecule has 0 rings (SSSR count). The van der Waals surface area contributed by atoms with Gasteiger partial charge in [0.2, 0.25) is 0 Å². The first-order chi connectivity index (χ1) is 4.31. The van der Waals surface area contributed by atoms with Crippen LogP contribution in [0.3, 0.4) is 0 Å². The standard InChI is InChI=1S/C5H17NOSi2/c1-9(7-8)5-3-2-4-6/h9H,2-6H2,1,8H3. The van der Waals surface area contributed by atoms with E-state index in [0.29, 0.717) is 0 Å². The molecule has 0 aliphatic heterocycles. The highest BCUT2D eigenvalue weighted by Gasteiger charge is 1.98. The van der Waals surface area contributed by atoms with Crippen LogP contribution in [0.4, 0.5) is 0 Å². The maximum atomic E-state index is 5.34. The van der Waals surface area contributed by atoms with Gasteiger partial charge < -0.3 is 9.85 Å². The Morgan fingerprint density at radius 2 is 2.22 bits per heavy atom. The Morgan fingerprint density at radius 1 is 1.56 bits per heavy atom. The maximum absolute atomic E-state index is 5.34. The summed E-state index contributed by atoms with van der Waals surface area (Å²) in [6.45, 7) is 3.09. The Labute approximate surface area is 62.0 Å². The first kappa shape index (κ1) is 9.35. The Kier molecular flexibility index (Phi) is 6.73. The molecule has 9 heavy (non-hydrogen) atoms. The van der Waals surface area contributed by atoms with Crippen molar-refractivity contribution in [1.29, 1.82) is 0 Å². The molecule has 0 spiro atoms. The highest BCUT2D eigenvalue weighted by molar-refractivity contribution is 6.54. The van der Waals surface area contributed by atoms with E-state index < -0.39 is 9.04 Å². The quantitative estimate of drug-likeness (QED) is 0.433. The number of hydrogen-bond acceptors (Lipinski definition) is 2. The highest BCUT2D eigenvalue weighted by atomic mass is 28.3. The summed E-state index contributed by atoms with van der Waals surface area (Å²) in [5, 5.41) is 0. The van der Waals surface area contributed by atoms with Crippen molar-refractivity contribution >= 4 is 19.5 Å². The van der Waals surface area contributed by atoms with Crippen LogP contribution in [-0.2, 0) is 4.12 Å². The summed E-state index contributed by atoms with van der Waals surface area (Å²) in [5.74, 6) is 0. The van der Waals surface area contributed by atoms with Crippen LogP contribution in [0.2, 0.25) is 12.6 Å². The van der Waals surface area contributed by atoms with Gasteiger partial charge in [-0.25, -0.2) is 0 Å². The normalized spacial score (nSPS) is 14.0. The Hall–Kier alpha value is 0.354. The van der Waals surface area contributed by atoms with E-state index in [1.807, 2.05) is 0 Å². The molecule has 2 nitrogen and oxygen atoms in total. The van der Waals surface area contributed by atoms with Crippen molar-refractivity contribution in [2.24, 2.45) is 5.73 Å². The van der Waals surface area contributed by atoms with Gasteiger partial charge in [0.15, 0.2) is 9.04 Å². The number of unbranched alkanes of at least 4 members (excludes halogenated alkanes) is 1. The second-order valence-corrected chi connectivity index (χ2v) is 6.41. The summed E-state index contributed by atoms with van der Waals surface area (Å²) < 4.78 is 5.33. The molecular formula is C5H17NOSi2. The van der Waals surface area contributed by atoms with Gasteiger partial charge in [-0.05, 0) is 25.6 Å². The molecule has 0 bridgehead atoms. The zero-order valence-corrected chi connectivity index (χ0v) is 9.55. The minimum Gasteiger partial charge on any atom is -0.466 e. The molecule has 1 atom stereocenters. The van der Waals surface area contributed by atoms with E-state index in [9.17, 15) is 0 Å². The van der Waals surface area contributed by atoms with E-state index in [1.54, 1.807) is 0 Å². The summed E-state index contributed by atoms with van der Waals surface area (Å²) in [6, 6.07) is 1.31. The molecule has 0 aromatic rings. The summed E-state index contributed by atoms with van der Waals surface area (Å²) in [6.07, 6.45) is 2.44. The van der Waals surface area contributed by atoms with E-state index in [4.69, 9.17) is 9.85 Å². The Morgan fingerprint density at radius 3 is 2.67 bits per heavy atom. The van der Waals surface area contributed by atoms with Gasteiger partial charge in [-0.1, -0.05) is 6.42 Å². The molecule has 0 aromatic heterocycles. The third-order valence-corrected chi connectivity index (χ3v) is 5.91. The average molecular weight is 163 g/mol. The highest BCUT2D eigenvalue weighted by Crippen LogP contribution is 1.99. The van der Waals surface area contributed by atoms with E-state index in [2.05, 4.69) is 6.55 Å². The van der Waals surface area contributed by atoms with Gasteiger partial charge in [0, 0.05) is 0 Å². The lowest BCUT2D eigenvalue weighted by Gasteiger charge is -2.05. The number of rotatable bonds is 5. The number of nitrogens with two attached hydrogens (primary N) is 1. The van der Waals surface area contributed by atoms with Gasteiger partial charge in [0.25, 0.3) is 0 Å². The van der Waals surface area contributed by atoms with E-state index >= 15 is 0 Å². The van der Waals surface area contributed by atoms with Gasteiger partial charge in [-0.2, -0.15) is 0 Å². The predicted molar refractivity (Wildman–Crippen MR) is 47.1 cm³/mol. The molecular weight excluding hydrogens is 146 g/mol. The summed E-state index contributed by atoms with van der Waals surface area (Å²) in [7, 11) is 0.215. The van der Waals surface area contributed by atoms with Crippen molar-refractivity contribution in [2.75, 3.05) is 6.54 Å². The zero-order valence-electron chi connectivity index (χ0n) is 6.39. The Bertz CT molecular complexity index is 62.9. The lowest BCUT2D eigenvalue weighted by atomic mass is 10.3. The molecule has 0 saturated heterocycles. The van der Waals surface area contributed by atoms with Gasteiger partial charge in [0.1, 0.15) is 10.5 Å². The SMILES string of the molecule is C[SiH](CCCCN)O[SiH3]. The second kappa shape index (κ2) is 6.47. The topological polar surface area (TPSA) is 35.2 Å². The molecule has 56 valence electrons. The fourth-order valence-electron chi connectivity index (χ4n) is 0.694. The van der Waals surface area contributed by atoms with Crippen molar-refractivity contribution in [3.8, 4) is 0 Å². The predicted octanol–water partition coefficient (Wildman–Crippen LogP) is -0.624. The van der Waals surface area contributed by atoms with Gasteiger partial charge in [-0.3, -0.25) is 0 Å². The molecule has 0 aromatic carbocycles.